The van der Waals surface area contributed by atoms with Gasteiger partial charge in [0.1, 0.15) is 0 Å². The maximum atomic E-state index is 12.4. The van der Waals surface area contributed by atoms with E-state index < -0.39 is 0 Å². The fraction of sp³-hybridized carbons (Fsp3) is 0.929. The highest BCUT2D eigenvalue weighted by Crippen LogP contribution is 2.14. The fourth-order valence-corrected chi connectivity index (χ4v) is 2.95. The molecule has 0 aromatic rings. The Morgan fingerprint density at radius 1 is 1.21 bits per heavy atom. The van der Waals surface area contributed by atoms with Crippen LogP contribution in [0.1, 0.15) is 19.3 Å². The fourth-order valence-electron chi connectivity index (χ4n) is 2.95. The molecule has 5 heteroatoms. The van der Waals surface area contributed by atoms with Gasteiger partial charge >= 0.3 is 0 Å². The first-order valence-corrected chi connectivity index (χ1v) is 7.54. The van der Waals surface area contributed by atoms with Gasteiger partial charge in [-0.25, -0.2) is 0 Å². The third-order valence-electron chi connectivity index (χ3n) is 4.42. The number of amides is 1. The van der Waals surface area contributed by atoms with E-state index in [-0.39, 0.29) is 5.91 Å². The van der Waals surface area contributed by atoms with Crippen LogP contribution in [0.5, 0.6) is 0 Å². The molecular formula is C14H28N4O. The van der Waals surface area contributed by atoms with E-state index in [0.717, 1.165) is 58.5 Å². The highest BCUT2D eigenvalue weighted by atomic mass is 16.2. The second-order valence-corrected chi connectivity index (χ2v) is 5.92. The lowest BCUT2D eigenvalue weighted by atomic mass is 10.0. The van der Waals surface area contributed by atoms with Gasteiger partial charge in [0, 0.05) is 26.2 Å². The number of rotatable bonds is 3. The predicted molar refractivity (Wildman–Crippen MR) is 77.2 cm³/mol. The van der Waals surface area contributed by atoms with Crippen LogP contribution in [0.15, 0.2) is 0 Å². The standard InChI is InChI=1S/C14H28N4O/c1-16-9-4-13(5-10-16)17(2)14(19)12-18-8-3-6-15-7-11-18/h13,15H,3-12H2,1-2H3. The van der Waals surface area contributed by atoms with Crippen molar-refractivity contribution >= 4 is 5.91 Å². The number of hydrogen-bond donors (Lipinski definition) is 1. The summed E-state index contributed by atoms with van der Waals surface area (Å²) < 4.78 is 0. The summed E-state index contributed by atoms with van der Waals surface area (Å²) in [5, 5.41) is 3.38. The molecule has 0 radical (unpaired) electrons. The van der Waals surface area contributed by atoms with E-state index >= 15 is 0 Å². The minimum absolute atomic E-state index is 0.288. The van der Waals surface area contributed by atoms with Gasteiger partial charge in [0.25, 0.3) is 0 Å². The van der Waals surface area contributed by atoms with Crippen LogP contribution in [0.25, 0.3) is 0 Å². The van der Waals surface area contributed by atoms with E-state index in [4.69, 9.17) is 0 Å². The van der Waals surface area contributed by atoms with Crippen LogP contribution in [0.2, 0.25) is 0 Å². The molecule has 0 spiro atoms. The Kier molecular flexibility index (Phi) is 5.60. The third-order valence-corrected chi connectivity index (χ3v) is 4.42. The molecule has 2 heterocycles. The molecule has 2 saturated heterocycles. The molecule has 5 nitrogen and oxygen atoms in total. The predicted octanol–water partition coefficient (Wildman–Crippen LogP) is -0.166. The molecule has 19 heavy (non-hydrogen) atoms. The Balaban J connectivity index is 1.78. The molecule has 110 valence electrons. The van der Waals surface area contributed by atoms with Gasteiger partial charge in [-0.05, 0) is 52.5 Å². The summed E-state index contributed by atoms with van der Waals surface area (Å²) in [5.74, 6) is 0.288. The van der Waals surface area contributed by atoms with Gasteiger partial charge in [-0.2, -0.15) is 0 Å². The van der Waals surface area contributed by atoms with E-state index in [9.17, 15) is 4.79 Å². The van der Waals surface area contributed by atoms with Gasteiger partial charge in [0.05, 0.1) is 6.54 Å². The van der Waals surface area contributed by atoms with Crippen molar-refractivity contribution in [2.24, 2.45) is 0 Å². The maximum absolute atomic E-state index is 12.4. The number of likely N-dealkylation sites (N-methyl/N-ethyl adjacent to an activating group) is 1. The number of nitrogens with one attached hydrogen (secondary N) is 1. The zero-order valence-electron chi connectivity index (χ0n) is 12.4. The molecule has 1 amide bonds. The normalized spacial score (nSPS) is 24.1. The molecule has 2 rings (SSSR count). The van der Waals surface area contributed by atoms with Gasteiger partial charge in [-0.1, -0.05) is 0 Å². The first-order chi connectivity index (χ1) is 9.16. The third kappa shape index (κ3) is 4.44. The van der Waals surface area contributed by atoms with Crippen LogP contribution in [0.4, 0.5) is 0 Å². The Hall–Kier alpha value is -0.650. The highest BCUT2D eigenvalue weighted by Gasteiger charge is 2.25. The number of likely N-dealkylation sites (tertiary alicyclic amines) is 1. The van der Waals surface area contributed by atoms with Crippen LogP contribution in [0.3, 0.4) is 0 Å². The monoisotopic (exact) mass is 268 g/mol. The number of carbonyl (C=O) groups excluding carboxylic acids is 1. The van der Waals surface area contributed by atoms with Crippen LogP contribution in [-0.2, 0) is 4.79 Å². The van der Waals surface area contributed by atoms with Crippen molar-refractivity contribution in [2.75, 3.05) is 59.9 Å². The molecule has 0 bridgehead atoms. The molecule has 0 saturated carbocycles. The Labute approximate surface area is 116 Å². The smallest absolute Gasteiger partial charge is 0.236 e. The molecule has 2 aliphatic heterocycles. The molecule has 0 aliphatic carbocycles. The van der Waals surface area contributed by atoms with E-state index in [0.29, 0.717) is 12.6 Å². The van der Waals surface area contributed by atoms with Crippen molar-refractivity contribution < 1.29 is 4.79 Å². The van der Waals surface area contributed by atoms with Crippen molar-refractivity contribution in [3.63, 3.8) is 0 Å². The lowest BCUT2D eigenvalue weighted by molar-refractivity contribution is -0.134. The second kappa shape index (κ2) is 7.22. The van der Waals surface area contributed by atoms with Crippen LogP contribution in [-0.4, -0.2) is 86.6 Å². The van der Waals surface area contributed by atoms with Crippen molar-refractivity contribution in [3.8, 4) is 0 Å². The second-order valence-electron chi connectivity index (χ2n) is 5.92. The number of piperidine rings is 1. The Morgan fingerprint density at radius 3 is 2.68 bits per heavy atom. The first kappa shape index (κ1) is 14.8. The topological polar surface area (TPSA) is 38.8 Å². The number of nitrogens with zero attached hydrogens (tertiary/aromatic N) is 3. The van der Waals surface area contributed by atoms with Crippen LogP contribution >= 0.6 is 0 Å². The van der Waals surface area contributed by atoms with Crippen molar-refractivity contribution in [1.29, 1.82) is 0 Å². The van der Waals surface area contributed by atoms with Crippen molar-refractivity contribution in [1.82, 2.24) is 20.0 Å². The SMILES string of the molecule is CN1CCC(N(C)C(=O)CN2CCCNCC2)CC1. The molecular weight excluding hydrogens is 240 g/mol. The zero-order valence-corrected chi connectivity index (χ0v) is 12.4. The molecule has 1 N–H and O–H groups in total. The molecule has 0 aromatic carbocycles. The Morgan fingerprint density at radius 2 is 1.95 bits per heavy atom. The summed E-state index contributed by atoms with van der Waals surface area (Å²) in [4.78, 5) is 19.0. The Bertz CT molecular complexity index is 281. The quantitative estimate of drug-likeness (QED) is 0.772. The molecule has 0 unspecified atom stereocenters. The average Bonchev–Trinajstić information content (AvgIpc) is 2.67. The molecule has 0 atom stereocenters. The summed E-state index contributed by atoms with van der Waals surface area (Å²) in [6, 6.07) is 0.439. The summed E-state index contributed by atoms with van der Waals surface area (Å²) in [6.07, 6.45) is 3.37. The van der Waals surface area contributed by atoms with Gasteiger partial charge in [-0.15, -0.1) is 0 Å². The van der Waals surface area contributed by atoms with Crippen LogP contribution in [0, 0.1) is 0 Å². The molecule has 2 aliphatic rings. The summed E-state index contributed by atoms with van der Waals surface area (Å²) in [5.41, 5.74) is 0. The minimum Gasteiger partial charge on any atom is -0.342 e. The first-order valence-electron chi connectivity index (χ1n) is 7.54. The van der Waals surface area contributed by atoms with Gasteiger partial charge in [0.2, 0.25) is 5.91 Å². The van der Waals surface area contributed by atoms with E-state index in [1.165, 1.54) is 0 Å². The highest BCUT2D eigenvalue weighted by molar-refractivity contribution is 5.78. The van der Waals surface area contributed by atoms with E-state index in [2.05, 4.69) is 22.2 Å². The van der Waals surface area contributed by atoms with Gasteiger partial charge in [-0.3, -0.25) is 9.69 Å². The summed E-state index contributed by atoms with van der Waals surface area (Å²) >= 11 is 0. The number of hydrogen-bond acceptors (Lipinski definition) is 4. The maximum Gasteiger partial charge on any atom is 0.236 e. The van der Waals surface area contributed by atoms with E-state index in [1.54, 1.807) is 0 Å². The lowest BCUT2D eigenvalue weighted by Crippen LogP contribution is -2.48. The average molecular weight is 268 g/mol. The summed E-state index contributed by atoms with van der Waals surface area (Å²) in [6.45, 7) is 6.92. The van der Waals surface area contributed by atoms with Gasteiger partial charge < -0.3 is 15.1 Å². The number of carbonyl (C=O) groups is 1. The van der Waals surface area contributed by atoms with Crippen molar-refractivity contribution in [2.45, 2.75) is 25.3 Å². The van der Waals surface area contributed by atoms with Crippen molar-refractivity contribution in [3.05, 3.63) is 0 Å². The minimum atomic E-state index is 0.288. The van der Waals surface area contributed by atoms with Crippen LogP contribution < -0.4 is 5.32 Å². The lowest BCUT2D eigenvalue weighted by Gasteiger charge is -2.36. The molecule has 0 aromatic heterocycles. The zero-order chi connectivity index (χ0) is 13.7. The summed E-state index contributed by atoms with van der Waals surface area (Å²) in [7, 11) is 4.14. The molecule has 2 fully saturated rings. The van der Waals surface area contributed by atoms with Gasteiger partial charge in [0.15, 0.2) is 0 Å². The van der Waals surface area contributed by atoms with E-state index in [1.807, 2.05) is 11.9 Å². The largest absolute Gasteiger partial charge is 0.342 e.